The Morgan fingerprint density at radius 3 is 2.71 bits per heavy atom. The molecule has 1 aliphatic heterocycles. The average molecular weight is 481 g/mol. The first-order valence-corrected chi connectivity index (χ1v) is 11.8. The SMILES string of the molecule is Cc1nn(C)c2nc(CCN3CCOCC3)c(C(=O)NC(=O)Nc3cccc(OC(C)C)c3)cc12. The van der Waals surface area contributed by atoms with Gasteiger partial charge in [0.25, 0.3) is 5.91 Å². The van der Waals surface area contributed by atoms with Crippen molar-refractivity contribution in [3.05, 3.63) is 47.3 Å². The minimum atomic E-state index is -0.626. The van der Waals surface area contributed by atoms with Crippen LogP contribution in [-0.4, -0.2) is 70.6 Å². The van der Waals surface area contributed by atoms with E-state index in [2.05, 4.69) is 20.6 Å². The molecule has 2 aromatic heterocycles. The third-order valence-corrected chi connectivity index (χ3v) is 5.78. The molecule has 0 unspecified atom stereocenters. The van der Waals surface area contributed by atoms with E-state index in [1.807, 2.05) is 33.9 Å². The number of nitrogens with zero attached hydrogens (tertiary/aromatic N) is 4. The number of nitrogens with one attached hydrogen (secondary N) is 2. The van der Waals surface area contributed by atoms with Crippen LogP contribution in [0.3, 0.4) is 0 Å². The largest absolute Gasteiger partial charge is 0.491 e. The number of benzene rings is 1. The molecule has 0 bridgehead atoms. The van der Waals surface area contributed by atoms with Gasteiger partial charge in [0.15, 0.2) is 5.65 Å². The molecule has 0 atom stereocenters. The molecule has 3 heterocycles. The van der Waals surface area contributed by atoms with E-state index in [0.717, 1.165) is 30.7 Å². The van der Waals surface area contributed by atoms with Crippen LogP contribution in [0.1, 0.15) is 35.6 Å². The molecule has 3 amide bonds. The van der Waals surface area contributed by atoms with E-state index in [0.29, 0.717) is 48.0 Å². The Hall–Kier alpha value is -3.50. The number of imide groups is 1. The molecule has 0 radical (unpaired) electrons. The fraction of sp³-hybridized carbons (Fsp3) is 0.440. The van der Waals surface area contributed by atoms with Crippen molar-refractivity contribution >= 4 is 28.7 Å². The van der Waals surface area contributed by atoms with Crippen LogP contribution in [0.25, 0.3) is 11.0 Å². The highest BCUT2D eigenvalue weighted by molar-refractivity contribution is 6.09. The van der Waals surface area contributed by atoms with Gasteiger partial charge in [-0.2, -0.15) is 5.10 Å². The molecule has 1 fully saturated rings. The second kappa shape index (κ2) is 10.8. The summed E-state index contributed by atoms with van der Waals surface area (Å²) in [6, 6.07) is 8.19. The molecular formula is C25H32N6O4. The number of ether oxygens (including phenoxy) is 2. The molecule has 2 N–H and O–H groups in total. The zero-order valence-electron chi connectivity index (χ0n) is 20.6. The van der Waals surface area contributed by atoms with E-state index in [4.69, 9.17) is 14.5 Å². The van der Waals surface area contributed by atoms with Crippen LogP contribution in [0.4, 0.5) is 10.5 Å². The second-order valence-corrected chi connectivity index (χ2v) is 8.87. The van der Waals surface area contributed by atoms with Crippen molar-refractivity contribution in [2.24, 2.45) is 7.05 Å². The fourth-order valence-corrected chi connectivity index (χ4v) is 4.11. The normalized spacial score (nSPS) is 14.3. The highest BCUT2D eigenvalue weighted by Crippen LogP contribution is 2.21. The van der Waals surface area contributed by atoms with Crippen LogP contribution in [-0.2, 0) is 18.2 Å². The monoisotopic (exact) mass is 480 g/mol. The Balaban J connectivity index is 1.52. The van der Waals surface area contributed by atoms with E-state index < -0.39 is 11.9 Å². The zero-order valence-corrected chi connectivity index (χ0v) is 20.6. The van der Waals surface area contributed by atoms with Crippen molar-refractivity contribution < 1.29 is 19.1 Å². The van der Waals surface area contributed by atoms with Gasteiger partial charge in [-0.3, -0.25) is 19.7 Å². The summed E-state index contributed by atoms with van der Waals surface area (Å²) < 4.78 is 12.8. The summed E-state index contributed by atoms with van der Waals surface area (Å²) in [4.78, 5) is 32.9. The number of morpholine rings is 1. The van der Waals surface area contributed by atoms with Crippen molar-refractivity contribution in [2.45, 2.75) is 33.3 Å². The summed E-state index contributed by atoms with van der Waals surface area (Å²) in [5.41, 5.74) is 3.01. The summed E-state index contributed by atoms with van der Waals surface area (Å²) in [6.07, 6.45) is 0.578. The zero-order chi connectivity index (χ0) is 24.9. The molecule has 0 aliphatic carbocycles. The molecule has 0 saturated carbocycles. The van der Waals surface area contributed by atoms with Gasteiger partial charge in [-0.05, 0) is 39.0 Å². The number of aromatic nitrogens is 3. The molecule has 186 valence electrons. The lowest BCUT2D eigenvalue weighted by molar-refractivity contribution is 0.0383. The van der Waals surface area contributed by atoms with Gasteiger partial charge in [0.05, 0.1) is 36.3 Å². The van der Waals surface area contributed by atoms with Crippen molar-refractivity contribution in [1.29, 1.82) is 0 Å². The summed E-state index contributed by atoms with van der Waals surface area (Å²) in [5.74, 6) is 0.128. The number of anilines is 1. The van der Waals surface area contributed by atoms with Gasteiger partial charge in [0.1, 0.15) is 5.75 Å². The number of aryl methyl sites for hydroxylation is 2. The molecule has 10 nitrogen and oxygen atoms in total. The van der Waals surface area contributed by atoms with E-state index in [1.165, 1.54) is 0 Å². The molecule has 1 aromatic carbocycles. The maximum Gasteiger partial charge on any atom is 0.326 e. The first-order chi connectivity index (χ1) is 16.8. The topological polar surface area (TPSA) is 111 Å². The third kappa shape index (κ3) is 6.14. The van der Waals surface area contributed by atoms with E-state index in [1.54, 1.807) is 28.9 Å². The first kappa shape index (κ1) is 24.6. The maximum absolute atomic E-state index is 13.2. The Morgan fingerprint density at radius 1 is 1.20 bits per heavy atom. The Labute approximate surface area is 204 Å². The number of hydrogen-bond acceptors (Lipinski definition) is 7. The van der Waals surface area contributed by atoms with Gasteiger partial charge in [-0.15, -0.1) is 0 Å². The smallest absolute Gasteiger partial charge is 0.326 e. The van der Waals surface area contributed by atoms with Gasteiger partial charge in [-0.1, -0.05) is 6.07 Å². The van der Waals surface area contributed by atoms with Gasteiger partial charge in [-0.25, -0.2) is 9.78 Å². The lowest BCUT2D eigenvalue weighted by atomic mass is 10.1. The Bertz CT molecular complexity index is 1220. The maximum atomic E-state index is 13.2. The van der Waals surface area contributed by atoms with Crippen molar-refractivity contribution in [1.82, 2.24) is 25.0 Å². The predicted octanol–water partition coefficient (Wildman–Crippen LogP) is 2.90. The van der Waals surface area contributed by atoms with Gasteiger partial charge in [0.2, 0.25) is 0 Å². The molecule has 4 rings (SSSR count). The molecule has 0 spiro atoms. The molecule has 10 heteroatoms. The highest BCUT2D eigenvalue weighted by Gasteiger charge is 2.21. The number of fused-ring (bicyclic) bond motifs is 1. The van der Waals surface area contributed by atoms with Crippen molar-refractivity contribution in [3.8, 4) is 5.75 Å². The number of carbonyl (C=O) groups is 2. The van der Waals surface area contributed by atoms with Crippen LogP contribution in [0, 0.1) is 6.92 Å². The van der Waals surface area contributed by atoms with Gasteiger partial charge < -0.3 is 14.8 Å². The lowest BCUT2D eigenvalue weighted by Gasteiger charge is -2.26. The molecule has 3 aromatic rings. The van der Waals surface area contributed by atoms with Gasteiger partial charge >= 0.3 is 6.03 Å². The van der Waals surface area contributed by atoms with Crippen LogP contribution < -0.4 is 15.4 Å². The van der Waals surface area contributed by atoms with E-state index in [-0.39, 0.29) is 6.10 Å². The van der Waals surface area contributed by atoms with Crippen molar-refractivity contribution in [2.75, 3.05) is 38.2 Å². The van der Waals surface area contributed by atoms with Crippen LogP contribution in [0.15, 0.2) is 30.3 Å². The Morgan fingerprint density at radius 2 is 1.97 bits per heavy atom. The fourth-order valence-electron chi connectivity index (χ4n) is 4.11. The summed E-state index contributed by atoms with van der Waals surface area (Å²) in [6.45, 7) is 9.56. The third-order valence-electron chi connectivity index (χ3n) is 5.78. The van der Waals surface area contributed by atoms with Gasteiger partial charge in [0, 0.05) is 50.2 Å². The lowest BCUT2D eigenvalue weighted by Crippen LogP contribution is -2.38. The van der Waals surface area contributed by atoms with Crippen LogP contribution in [0.2, 0.25) is 0 Å². The number of hydrogen-bond donors (Lipinski definition) is 2. The number of carbonyl (C=O) groups excluding carboxylic acids is 2. The molecule has 1 aliphatic rings. The summed E-state index contributed by atoms with van der Waals surface area (Å²) in [5, 5.41) is 10.4. The average Bonchev–Trinajstić information content (AvgIpc) is 3.10. The van der Waals surface area contributed by atoms with Crippen LogP contribution >= 0.6 is 0 Å². The molecule has 35 heavy (non-hydrogen) atoms. The standard InChI is InChI=1S/C25H32N6O4/c1-16(2)35-19-7-5-6-18(14-19)26-25(33)28-24(32)21-15-20-17(3)29-30(4)23(20)27-22(21)8-9-31-10-12-34-13-11-31/h5-7,14-16H,8-13H2,1-4H3,(H2,26,28,32,33). The summed E-state index contributed by atoms with van der Waals surface area (Å²) >= 11 is 0. The number of urea groups is 1. The quantitative estimate of drug-likeness (QED) is 0.535. The summed E-state index contributed by atoms with van der Waals surface area (Å²) in [7, 11) is 1.83. The minimum absolute atomic E-state index is 0.00916. The van der Waals surface area contributed by atoms with Crippen molar-refractivity contribution in [3.63, 3.8) is 0 Å². The van der Waals surface area contributed by atoms with E-state index in [9.17, 15) is 9.59 Å². The number of pyridine rings is 1. The predicted molar refractivity (Wildman–Crippen MR) is 133 cm³/mol. The molecular weight excluding hydrogens is 448 g/mol. The number of amides is 3. The first-order valence-electron chi connectivity index (χ1n) is 11.8. The molecule has 1 saturated heterocycles. The highest BCUT2D eigenvalue weighted by atomic mass is 16.5. The van der Waals surface area contributed by atoms with E-state index >= 15 is 0 Å². The number of rotatable bonds is 7. The van der Waals surface area contributed by atoms with Crippen LogP contribution in [0.5, 0.6) is 5.75 Å². The Kier molecular flexibility index (Phi) is 7.62. The second-order valence-electron chi connectivity index (χ2n) is 8.87. The minimum Gasteiger partial charge on any atom is -0.491 e.